The van der Waals surface area contributed by atoms with Gasteiger partial charge in [-0.2, -0.15) is 0 Å². The summed E-state index contributed by atoms with van der Waals surface area (Å²) in [6, 6.07) is 0. The van der Waals surface area contributed by atoms with Gasteiger partial charge in [-0.3, -0.25) is 0 Å². The van der Waals surface area contributed by atoms with E-state index in [2.05, 4.69) is 6.08 Å². The molecule has 1 rings (SSSR count). The molecule has 0 heterocycles. The van der Waals surface area contributed by atoms with Crippen molar-refractivity contribution in [2.24, 2.45) is 5.92 Å². The smallest absolute Gasteiger partial charge is 0.0612 e. The monoisotopic (exact) mass is 210 g/mol. The summed E-state index contributed by atoms with van der Waals surface area (Å²) in [6.45, 7) is 0.201. The molecule has 0 aromatic heterocycles. The Morgan fingerprint density at radius 2 is 1.33 bits per heavy atom. The van der Waals surface area contributed by atoms with Crippen molar-refractivity contribution in [3.63, 3.8) is 0 Å². The van der Waals surface area contributed by atoms with Crippen LogP contribution in [-0.4, -0.2) is 11.7 Å². The van der Waals surface area contributed by atoms with E-state index in [1.54, 1.807) is 0 Å². The lowest BCUT2D eigenvalue weighted by Crippen LogP contribution is -2.01. The molecule has 1 fully saturated rings. The first-order valence-electron chi connectivity index (χ1n) is 6.69. The van der Waals surface area contributed by atoms with E-state index in [1.165, 1.54) is 64.2 Å². The zero-order chi connectivity index (χ0) is 10.8. The largest absolute Gasteiger partial charge is 0.392 e. The molecule has 0 saturated heterocycles. The fraction of sp³-hybridized carbons (Fsp3) is 0.857. The Labute approximate surface area is 94.6 Å². The topological polar surface area (TPSA) is 20.2 Å². The maximum absolute atomic E-state index is 8.69. The van der Waals surface area contributed by atoms with Crippen LogP contribution < -0.4 is 0 Å². The molecule has 0 unspecified atom stereocenters. The van der Waals surface area contributed by atoms with Gasteiger partial charge in [0.05, 0.1) is 6.61 Å². The number of hydrogen-bond donors (Lipinski definition) is 1. The van der Waals surface area contributed by atoms with Crippen LogP contribution in [0.4, 0.5) is 0 Å². The van der Waals surface area contributed by atoms with Crippen LogP contribution in [0.3, 0.4) is 0 Å². The van der Waals surface area contributed by atoms with Gasteiger partial charge in [0.2, 0.25) is 0 Å². The zero-order valence-corrected chi connectivity index (χ0v) is 9.96. The Kier molecular flexibility index (Phi) is 7.63. The van der Waals surface area contributed by atoms with Crippen LogP contribution in [0.1, 0.15) is 64.2 Å². The van der Waals surface area contributed by atoms with Crippen molar-refractivity contribution in [1.29, 1.82) is 0 Å². The van der Waals surface area contributed by atoms with Crippen LogP contribution in [0.2, 0.25) is 0 Å². The molecule has 1 nitrogen and oxygen atoms in total. The van der Waals surface area contributed by atoms with E-state index < -0.39 is 0 Å². The Bertz CT molecular complexity index is 153. The molecule has 1 aliphatic carbocycles. The van der Waals surface area contributed by atoms with Crippen LogP contribution in [0.15, 0.2) is 12.2 Å². The average Bonchev–Trinajstić information content (AvgIpc) is 2.27. The summed E-state index contributed by atoms with van der Waals surface area (Å²) in [5, 5.41) is 8.69. The standard InChI is InChI=1S/C14H26O/c15-13-9-8-12-14-10-6-4-2-1-3-5-7-11-14/h8-9,14-15H,1-7,10-13H2/b9-8+. The van der Waals surface area contributed by atoms with Crippen LogP contribution in [-0.2, 0) is 0 Å². The molecule has 0 amide bonds. The Morgan fingerprint density at radius 3 is 1.87 bits per heavy atom. The fourth-order valence-corrected chi connectivity index (χ4v) is 2.49. The minimum atomic E-state index is 0.201. The third kappa shape index (κ3) is 6.72. The lowest BCUT2D eigenvalue weighted by atomic mass is 9.90. The van der Waals surface area contributed by atoms with E-state index in [9.17, 15) is 0 Å². The zero-order valence-electron chi connectivity index (χ0n) is 9.96. The molecule has 88 valence electrons. The maximum Gasteiger partial charge on any atom is 0.0612 e. The SMILES string of the molecule is OC/C=C/CC1CCCCCCCCC1. The lowest BCUT2D eigenvalue weighted by molar-refractivity contribution is 0.341. The normalized spacial score (nSPS) is 21.9. The van der Waals surface area contributed by atoms with Crippen molar-refractivity contribution in [2.75, 3.05) is 6.61 Å². The summed E-state index contributed by atoms with van der Waals surface area (Å²) in [4.78, 5) is 0. The van der Waals surface area contributed by atoms with E-state index >= 15 is 0 Å². The molecule has 1 N–H and O–H groups in total. The Hall–Kier alpha value is -0.300. The van der Waals surface area contributed by atoms with E-state index in [1.807, 2.05) is 6.08 Å². The number of hydrogen-bond acceptors (Lipinski definition) is 1. The number of aliphatic hydroxyl groups excluding tert-OH is 1. The number of rotatable bonds is 3. The van der Waals surface area contributed by atoms with Crippen molar-refractivity contribution >= 4 is 0 Å². The van der Waals surface area contributed by atoms with E-state index in [-0.39, 0.29) is 6.61 Å². The molecule has 0 aliphatic heterocycles. The minimum absolute atomic E-state index is 0.201. The van der Waals surface area contributed by atoms with Crippen LogP contribution in [0.25, 0.3) is 0 Å². The maximum atomic E-state index is 8.69. The molecule has 1 saturated carbocycles. The fourth-order valence-electron chi connectivity index (χ4n) is 2.49. The van der Waals surface area contributed by atoms with E-state index in [4.69, 9.17) is 5.11 Å². The van der Waals surface area contributed by atoms with Gasteiger partial charge in [-0.05, 0) is 12.3 Å². The summed E-state index contributed by atoms with van der Waals surface area (Å²) in [5.74, 6) is 0.880. The highest BCUT2D eigenvalue weighted by Crippen LogP contribution is 2.24. The molecule has 1 heteroatoms. The van der Waals surface area contributed by atoms with Crippen molar-refractivity contribution in [3.8, 4) is 0 Å². The van der Waals surface area contributed by atoms with Gasteiger partial charge in [0, 0.05) is 0 Å². The molecule has 0 bridgehead atoms. The van der Waals surface area contributed by atoms with Crippen LogP contribution in [0.5, 0.6) is 0 Å². The summed E-state index contributed by atoms with van der Waals surface area (Å²) in [6.07, 6.45) is 18.1. The van der Waals surface area contributed by atoms with Gasteiger partial charge >= 0.3 is 0 Å². The van der Waals surface area contributed by atoms with Gasteiger partial charge in [0.25, 0.3) is 0 Å². The molecule has 0 radical (unpaired) electrons. The second-order valence-electron chi connectivity index (χ2n) is 4.81. The predicted molar refractivity (Wildman–Crippen MR) is 65.9 cm³/mol. The molecule has 15 heavy (non-hydrogen) atoms. The highest BCUT2D eigenvalue weighted by molar-refractivity contribution is 4.83. The van der Waals surface area contributed by atoms with Crippen LogP contribution in [0, 0.1) is 5.92 Å². The molecule has 0 spiro atoms. The van der Waals surface area contributed by atoms with Gasteiger partial charge in [0.1, 0.15) is 0 Å². The molecular weight excluding hydrogens is 184 g/mol. The lowest BCUT2D eigenvalue weighted by Gasteiger charge is -2.16. The average molecular weight is 210 g/mol. The van der Waals surface area contributed by atoms with E-state index in [0.29, 0.717) is 0 Å². The summed E-state index contributed by atoms with van der Waals surface area (Å²) in [7, 11) is 0. The first kappa shape index (κ1) is 12.8. The molecule has 1 aliphatic rings. The Morgan fingerprint density at radius 1 is 0.800 bits per heavy atom. The number of aliphatic hydroxyl groups is 1. The van der Waals surface area contributed by atoms with Crippen molar-refractivity contribution in [1.82, 2.24) is 0 Å². The third-order valence-electron chi connectivity index (χ3n) is 3.47. The van der Waals surface area contributed by atoms with Gasteiger partial charge in [-0.1, -0.05) is 69.9 Å². The van der Waals surface area contributed by atoms with E-state index in [0.717, 1.165) is 5.92 Å². The third-order valence-corrected chi connectivity index (χ3v) is 3.47. The molecule has 0 aromatic rings. The molecule has 0 aromatic carbocycles. The van der Waals surface area contributed by atoms with Crippen molar-refractivity contribution in [2.45, 2.75) is 64.2 Å². The summed E-state index contributed by atoms with van der Waals surface area (Å²) >= 11 is 0. The van der Waals surface area contributed by atoms with Gasteiger partial charge < -0.3 is 5.11 Å². The predicted octanol–water partition coefficient (Wildman–Crippen LogP) is 4.07. The molecular formula is C14H26O. The second-order valence-corrected chi connectivity index (χ2v) is 4.81. The van der Waals surface area contributed by atoms with Crippen molar-refractivity contribution < 1.29 is 5.11 Å². The summed E-state index contributed by atoms with van der Waals surface area (Å²) < 4.78 is 0. The van der Waals surface area contributed by atoms with Gasteiger partial charge in [0.15, 0.2) is 0 Å². The van der Waals surface area contributed by atoms with Gasteiger partial charge in [-0.25, -0.2) is 0 Å². The first-order chi connectivity index (χ1) is 7.43. The number of allylic oxidation sites excluding steroid dienone is 1. The summed E-state index contributed by atoms with van der Waals surface area (Å²) in [5.41, 5.74) is 0. The highest BCUT2D eigenvalue weighted by atomic mass is 16.2. The first-order valence-corrected chi connectivity index (χ1v) is 6.69. The van der Waals surface area contributed by atoms with Gasteiger partial charge in [-0.15, -0.1) is 0 Å². The quantitative estimate of drug-likeness (QED) is 0.696. The second kappa shape index (κ2) is 8.96. The van der Waals surface area contributed by atoms with Crippen LogP contribution >= 0.6 is 0 Å². The molecule has 0 atom stereocenters. The minimum Gasteiger partial charge on any atom is -0.392 e. The van der Waals surface area contributed by atoms with Crippen molar-refractivity contribution in [3.05, 3.63) is 12.2 Å². The Balaban J connectivity index is 2.22. The highest BCUT2D eigenvalue weighted by Gasteiger charge is 2.08.